The van der Waals surface area contributed by atoms with E-state index in [1.165, 1.54) is 0 Å². The number of furan rings is 1. The highest BCUT2D eigenvalue weighted by Gasteiger charge is 2.10. The summed E-state index contributed by atoms with van der Waals surface area (Å²) in [5.74, 6) is 0.768. The zero-order valence-electron chi connectivity index (χ0n) is 6.66. The molecule has 0 atom stereocenters. The number of halogens is 1. The van der Waals surface area contributed by atoms with Gasteiger partial charge in [0.1, 0.15) is 0 Å². The van der Waals surface area contributed by atoms with Gasteiger partial charge in [-0.15, -0.1) is 11.3 Å². The predicted molar refractivity (Wildman–Crippen MR) is 55.4 cm³/mol. The van der Waals surface area contributed by atoms with Crippen molar-refractivity contribution in [1.29, 1.82) is 0 Å². The van der Waals surface area contributed by atoms with Gasteiger partial charge < -0.3 is 10.2 Å². The minimum Gasteiger partial charge on any atom is -0.461 e. The maximum absolute atomic E-state index is 5.48. The summed E-state index contributed by atoms with van der Waals surface area (Å²) in [7, 11) is 0. The molecular formula is C8H7BrN2OS. The summed E-state index contributed by atoms with van der Waals surface area (Å²) in [6.45, 7) is 0.524. The molecule has 0 unspecified atom stereocenters. The van der Waals surface area contributed by atoms with Gasteiger partial charge in [0.2, 0.25) is 0 Å². The molecular weight excluding hydrogens is 252 g/mol. The third kappa shape index (κ3) is 1.67. The smallest absolute Gasteiger partial charge is 0.176 e. The molecule has 0 aromatic carbocycles. The topological polar surface area (TPSA) is 52.0 Å². The van der Waals surface area contributed by atoms with E-state index in [2.05, 4.69) is 20.9 Å². The molecule has 0 fully saturated rings. The Labute approximate surface area is 87.7 Å². The molecule has 2 heterocycles. The minimum absolute atomic E-state index is 0.524. The first kappa shape index (κ1) is 8.93. The molecule has 0 aliphatic carbocycles. The molecule has 3 nitrogen and oxygen atoms in total. The van der Waals surface area contributed by atoms with E-state index in [0.29, 0.717) is 6.54 Å². The molecule has 0 spiro atoms. The zero-order chi connectivity index (χ0) is 9.26. The van der Waals surface area contributed by atoms with Gasteiger partial charge in [-0.25, -0.2) is 4.98 Å². The van der Waals surface area contributed by atoms with Gasteiger partial charge >= 0.3 is 0 Å². The minimum atomic E-state index is 0.524. The molecule has 0 aliphatic rings. The molecule has 0 saturated carbocycles. The van der Waals surface area contributed by atoms with Gasteiger partial charge in [0.05, 0.1) is 10.7 Å². The van der Waals surface area contributed by atoms with Crippen LogP contribution in [-0.4, -0.2) is 4.98 Å². The monoisotopic (exact) mass is 258 g/mol. The van der Waals surface area contributed by atoms with Crippen LogP contribution in [0.25, 0.3) is 10.8 Å². The number of rotatable bonds is 2. The fourth-order valence-corrected chi connectivity index (χ4v) is 2.27. The van der Waals surface area contributed by atoms with Gasteiger partial charge in [-0.2, -0.15) is 0 Å². The molecule has 0 radical (unpaired) electrons. The average molecular weight is 259 g/mol. The maximum Gasteiger partial charge on any atom is 0.176 e. The summed E-state index contributed by atoms with van der Waals surface area (Å²) in [6, 6.07) is 1.85. The van der Waals surface area contributed by atoms with Crippen LogP contribution >= 0.6 is 27.3 Å². The second-order valence-corrected chi connectivity index (χ2v) is 4.40. The third-order valence-electron chi connectivity index (χ3n) is 1.57. The number of nitrogens with two attached hydrogens (primary N) is 1. The summed E-state index contributed by atoms with van der Waals surface area (Å²) in [6.07, 6.45) is 3.40. The number of hydrogen-bond acceptors (Lipinski definition) is 4. The van der Waals surface area contributed by atoms with E-state index in [1.807, 2.05) is 6.07 Å². The molecule has 0 amide bonds. The Hall–Kier alpha value is -0.650. The second kappa shape index (κ2) is 3.61. The van der Waals surface area contributed by atoms with Crippen molar-refractivity contribution in [1.82, 2.24) is 4.98 Å². The summed E-state index contributed by atoms with van der Waals surface area (Å²) < 4.78 is 6.19. The van der Waals surface area contributed by atoms with Crippen molar-refractivity contribution in [3.63, 3.8) is 0 Å². The Morgan fingerprint density at radius 1 is 1.62 bits per heavy atom. The highest BCUT2D eigenvalue weighted by molar-refractivity contribution is 9.10. The summed E-state index contributed by atoms with van der Waals surface area (Å²) in [5.41, 5.74) is 5.48. The Balaban J connectivity index is 2.41. The predicted octanol–water partition coefficient (Wildman–Crippen LogP) is 2.62. The highest BCUT2D eigenvalue weighted by atomic mass is 79.9. The van der Waals surface area contributed by atoms with E-state index in [0.717, 1.165) is 20.1 Å². The molecule has 2 aromatic heterocycles. The van der Waals surface area contributed by atoms with E-state index in [1.54, 1.807) is 23.8 Å². The standard InChI is InChI=1S/C8H7BrN2OS/c9-6-1-2-12-7(6)8-11-4-5(3-10)13-8/h1-2,4H,3,10H2. The van der Waals surface area contributed by atoms with Crippen LogP contribution in [0.1, 0.15) is 4.88 Å². The van der Waals surface area contributed by atoms with E-state index in [4.69, 9.17) is 10.2 Å². The molecule has 0 saturated heterocycles. The first-order valence-corrected chi connectivity index (χ1v) is 5.30. The van der Waals surface area contributed by atoms with Gasteiger partial charge in [0, 0.05) is 17.6 Å². The van der Waals surface area contributed by atoms with E-state index < -0.39 is 0 Å². The lowest BCUT2D eigenvalue weighted by Crippen LogP contribution is -1.91. The van der Waals surface area contributed by atoms with Crippen LogP contribution in [0, 0.1) is 0 Å². The van der Waals surface area contributed by atoms with Crippen LogP contribution in [0.4, 0.5) is 0 Å². The van der Waals surface area contributed by atoms with E-state index in [9.17, 15) is 0 Å². The molecule has 5 heteroatoms. The lowest BCUT2D eigenvalue weighted by Gasteiger charge is -1.89. The van der Waals surface area contributed by atoms with Gasteiger partial charge in [0.25, 0.3) is 0 Å². The lowest BCUT2D eigenvalue weighted by atomic mass is 10.5. The third-order valence-corrected chi connectivity index (χ3v) is 3.21. The molecule has 0 bridgehead atoms. The lowest BCUT2D eigenvalue weighted by molar-refractivity contribution is 0.580. The average Bonchev–Trinajstić information content (AvgIpc) is 2.71. The molecule has 13 heavy (non-hydrogen) atoms. The Morgan fingerprint density at radius 3 is 3.00 bits per heavy atom. The fourth-order valence-electron chi connectivity index (χ4n) is 0.953. The van der Waals surface area contributed by atoms with Gasteiger partial charge in [-0.05, 0) is 22.0 Å². The van der Waals surface area contributed by atoms with Crippen molar-refractivity contribution in [2.75, 3.05) is 0 Å². The van der Waals surface area contributed by atoms with Crippen molar-refractivity contribution in [3.05, 3.63) is 27.9 Å². The maximum atomic E-state index is 5.48. The molecule has 2 aromatic rings. The van der Waals surface area contributed by atoms with E-state index in [-0.39, 0.29) is 0 Å². The van der Waals surface area contributed by atoms with Gasteiger partial charge in [-0.3, -0.25) is 0 Å². The van der Waals surface area contributed by atoms with E-state index >= 15 is 0 Å². The number of thiazole rings is 1. The van der Waals surface area contributed by atoms with Crippen LogP contribution in [0.3, 0.4) is 0 Å². The van der Waals surface area contributed by atoms with Crippen molar-refractivity contribution >= 4 is 27.3 Å². The summed E-state index contributed by atoms with van der Waals surface area (Å²) >= 11 is 4.92. The summed E-state index contributed by atoms with van der Waals surface area (Å²) in [5, 5.41) is 0.859. The van der Waals surface area contributed by atoms with Crippen LogP contribution in [0.2, 0.25) is 0 Å². The molecule has 2 rings (SSSR count). The molecule has 2 N–H and O–H groups in total. The van der Waals surface area contributed by atoms with Crippen molar-refractivity contribution in [3.8, 4) is 10.8 Å². The summed E-state index contributed by atoms with van der Waals surface area (Å²) in [4.78, 5) is 5.26. The van der Waals surface area contributed by atoms with Crippen LogP contribution in [-0.2, 0) is 6.54 Å². The Bertz CT molecular complexity index is 410. The van der Waals surface area contributed by atoms with Gasteiger partial charge in [-0.1, -0.05) is 0 Å². The largest absolute Gasteiger partial charge is 0.461 e. The van der Waals surface area contributed by atoms with Crippen molar-refractivity contribution in [2.45, 2.75) is 6.54 Å². The Kier molecular flexibility index (Phi) is 2.48. The zero-order valence-corrected chi connectivity index (χ0v) is 9.06. The van der Waals surface area contributed by atoms with Crippen LogP contribution in [0.5, 0.6) is 0 Å². The fraction of sp³-hybridized carbons (Fsp3) is 0.125. The molecule has 68 valence electrons. The van der Waals surface area contributed by atoms with Crippen LogP contribution in [0.15, 0.2) is 27.4 Å². The second-order valence-electron chi connectivity index (χ2n) is 2.43. The number of aromatic nitrogens is 1. The number of nitrogens with zero attached hydrogens (tertiary/aromatic N) is 1. The molecule has 0 aliphatic heterocycles. The quantitative estimate of drug-likeness (QED) is 0.901. The van der Waals surface area contributed by atoms with Crippen molar-refractivity contribution < 1.29 is 4.42 Å². The first-order valence-electron chi connectivity index (χ1n) is 3.69. The normalized spacial score (nSPS) is 10.6. The number of hydrogen-bond donors (Lipinski definition) is 1. The highest BCUT2D eigenvalue weighted by Crippen LogP contribution is 2.31. The SMILES string of the molecule is NCc1cnc(-c2occc2Br)s1. The van der Waals surface area contributed by atoms with Crippen molar-refractivity contribution in [2.24, 2.45) is 5.73 Å². The van der Waals surface area contributed by atoms with Crippen LogP contribution < -0.4 is 5.73 Å². The first-order chi connectivity index (χ1) is 6.31. The Morgan fingerprint density at radius 2 is 2.46 bits per heavy atom. The van der Waals surface area contributed by atoms with Gasteiger partial charge in [0.15, 0.2) is 10.8 Å².